The molecular weight excluding hydrogens is 298 g/mol. The van der Waals surface area contributed by atoms with Gasteiger partial charge in [-0.3, -0.25) is 4.90 Å². The van der Waals surface area contributed by atoms with Crippen LogP contribution in [0.25, 0.3) is 15.7 Å². The van der Waals surface area contributed by atoms with Crippen molar-refractivity contribution in [1.29, 1.82) is 0 Å². The van der Waals surface area contributed by atoms with Crippen LogP contribution in [0.15, 0.2) is 29.2 Å². The maximum atomic E-state index is 2.70. The van der Waals surface area contributed by atoms with Gasteiger partial charge in [0.1, 0.15) is 0 Å². The molecule has 2 unspecified atom stereocenters. The third-order valence-corrected chi connectivity index (χ3v) is 7.43. The number of likely N-dealkylation sites (tertiary alicyclic amines) is 1. The summed E-state index contributed by atoms with van der Waals surface area (Å²) >= 11 is 1.88. The Labute approximate surface area is 143 Å². The molecule has 1 saturated carbocycles. The van der Waals surface area contributed by atoms with Gasteiger partial charge in [0.05, 0.1) is 0 Å². The maximum absolute atomic E-state index is 2.70. The molecule has 2 aromatic rings. The molecule has 23 heavy (non-hydrogen) atoms. The summed E-state index contributed by atoms with van der Waals surface area (Å²) < 4.78 is 1.44. The molecule has 2 atom stereocenters. The number of benzene rings is 1. The average molecular weight is 324 g/mol. The predicted molar refractivity (Wildman–Crippen MR) is 100.0 cm³/mol. The van der Waals surface area contributed by atoms with Gasteiger partial charge >= 0.3 is 0 Å². The van der Waals surface area contributed by atoms with Crippen LogP contribution in [0.1, 0.15) is 43.2 Å². The van der Waals surface area contributed by atoms with Gasteiger partial charge in [0.2, 0.25) is 0 Å². The first-order valence-corrected chi connectivity index (χ1v) is 10.1. The van der Waals surface area contributed by atoms with E-state index in [4.69, 9.17) is 0 Å². The number of rotatable bonds is 3. The van der Waals surface area contributed by atoms with Gasteiger partial charge in [0.15, 0.2) is 0 Å². The van der Waals surface area contributed by atoms with E-state index in [1.807, 2.05) is 11.3 Å². The monoisotopic (exact) mass is 323 g/mol. The highest BCUT2D eigenvalue weighted by Gasteiger charge is 2.40. The second kappa shape index (κ2) is 5.46. The molecule has 1 aromatic carbocycles. The van der Waals surface area contributed by atoms with Crippen molar-refractivity contribution in [2.75, 3.05) is 19.6 Å². The molecule has 2 fully saturated rings. The Morgan fingerprint density at radius 2 is 1.96 bits per heavy atom. The zero-order valence-electron chi connectivity index (χ0n) is 14.0. The zero-order chi connectivity index (χ0) is 15.4. The molecule has 5 rings (SSSR count). The Morgan fingerprint density at radius 1 is 1.13 bits per heavy atom. The quantitative estimate of drug-likeness (QED) is 0.722. The van der Waals surface area contributed by atoms with Gasteiger partial charge in [-0.25, -0.2) is 0 Å². The summed E-state index contributed by atoms with van der Waals surface area (Å²) in [5, 5.41) is 3.78. The number of nitrogens with zero attached hydrogens (tertiary/aromatic N) is 1. The Morgan fingerprint density at radius 3 is 2.83 bits per heavy atom. The molecule has 3 aliphatic rings. The van der Waals surface area contributed by atoms with E-state index in [-0.39, 0.29) is 0 Å². The smallest absolute Gasteiger partial charge is 0.0345 e. The molecule has 1 aromatic heterocycles. The molecule has 1 aliphatic heterocycles. The van der Waals surface area contributed by atoms with E-state index in [9.17, 15) is 0 Å². The predicted octanol–water partition coefficient (Wildman–Crippen LogP) is 5.49. The van der Waals surface area contributed by atoms with E-state index in [0.717, 1.165) is 11.8 Å². The molecule has 1 saturated heterocycles. The molecule has 2 heterocycles. The molecule has 0 N–H and O–H groups in total. The van der Waals surface area contributed by atoms with Crippen LogP contribution in [0, 0.1) is 18.8 Å². The summed E-state index contributed by atoms with van der Waals surface area (Å²) in [5.41, 5.74) is 6.51. The lowest BCUT2D eigenvalue weighted by Crippen LogP contribution is -2.24. The fraction of sp³-hybridized carbons (Fsp3) is 0.524. The minimum Gasteiger partial charge on any atom is -0.299 e. The van der Waals surface area contributed by atoms with Crippen LogP contribution in [-0.4, -0.2) is 24.5 Å². The van der Waals surface area contributed by atoms with E-state index < -0.39 is 0 Å². The summed E-state index contributed by atoms with van der Waals surface area (Å²) in [6.45, 7) is 6.13. The number of fused-ring (bicyclic) bond motifs is 3. The average Bonchev–Trinajstić information content (AvgIpc) is 3.33. The molecule has 2 heteroatoms. The van der Waals surface area contributed by atoms with Crippen molar-refractivity contribution in [3.05, 3.63) is 40.3 Å². The summed E-state index contributed by atoms with van der Waals surface area (Å²) in [6, 6.07) is 7.24. The number of allylic oxidation sites excluding steroid dienone is 1. The Hall–Kier alpha value is -1.12. The van der Waals surface area contributed by atoms with Crippen LogP contribution in [0.5, 0.6) is 0 Å². The fourth-order valence-electron chi connectivity index (χ4n) is 5.18. The van der Waals surface area contributed by atoms with Gasteiger partial charge in [-0.15, -0.1) is 11.3 Å². The molecule has 1 nitrogen and oxygen atoms in total. The first kappa shape index (κ1) is 14.2. The fourth-order valence-corrected chi connectivity index (χ4v) is 6.11. The topological polar surface area (TPSA) is 3.24 Å². The maximum Gasteiger partial charge on any atom is 0.0345 e. The first-order chi connectivity index (χ1) is 11.3. The molecule has 120 valence electrons. The van der Waals surface area contributed by atoms with E-state index in [2.05, 4.69) is 35.4 Å². The van der Waals surface area contributed by atoms with E-state index in [1.54, 1.807) is 11.1 Å². The second-order valence-electron chi connectivity index (χ2n) is 7.76. The molecule has 2 aliphatic carbocycles. The van der Waals surface area contributed by atoms with Gasteiger partial charge in [-0.05, 0) is 109 Å². The number of aryl methyl sites for hydroxylation is 1. The summed E-state index contributed by atoms with van der Waals surface area (Å²) in [4.78, 5) is 2.70. The largest absolute Gasteiger partial charge is 0.299 e. The van der Waals surface area contributed by atoms with Crippen LogP contribution in [0.3, 0.4) is 0 Å². The van der Waals surface area contributed by atoms with Crippen LogP contribution in [0.2, 0.25) is 0 Å². The lowest BCUT2D eigenvalue weighted by molar-refractivity contribution is 0.355. The third kappa shape index (κ3) is 2.30. The Balaban J connectivity index is 1.58. The molecule has 0 amide bonds. The van der Waals surface area contributed by atoms with Crippen LogP contribution >= 0.6 is 11.3 Å². The van der Waals surface area contributed by atoms with Gasteiger partial charge in [-0.1, -0.05) is 6.07 Å². The number of hydrogen-bond donors (Lipinski definition) is 0. The second-order valence-corrected chi connectivity index (χ2v) is 8.67. The highest BCUT2D eigenvalue weighted by molar-refractivity contribution is 7.17. The van der Waals surface area contributed by atoms with Crippen molar-refractivity contribution >= 4 is 27.0 Å². The zero-order valence-corrected chi connectivity index (χ0v) is 14.8. The highest BCUT2D eigenvalue weighted by atomic mass is 32.1. The molecule has 0 spiro atoms. The Kier molecular flexibility index (Phi) is 3.38. The van der Waals surface area contributed by atoms with E-state index in [0.29, 0.717) is 0 Å². The van der Waals surface area contributed by atoms with Crippen molar-refractivity contribution in [1.82, 2.24) is 4.90 Å². The van der Waals surface area contributed by atoms with Crippen molar-refractivity contribution in [3.63, 3.8) is 0 Å². The van der Waals surface area contributed by atoms with Gasteiger partial charge < -0.3 is 0 Å². The Bertz CT molecular complexity index is 778. The SMILES string of the molecule is Cc1csc2ccc(C3=C(CN4CCCC4)C4CCC3C4)cc12. The van der Waals surface area contributed by atoms with Gasteiger partial charge in [0.25, 0.3) is 0 Å². The number of hydrogen-bond acceptors (Lipinski definition) is 2. The standard InChI is InChI=1S/C21H25NS/c1-14-13-23-20-7-6-17(11-18(14)20)21-16-5-4-15(10-16)19(21)12-22-8-2-3-9-22/h6-7,11,13,15-16H,2-5,8-10,12H2,1H3. The summed E-state index contributed by atoms with van der Waals surface area (Å²) in [5.74, 6) is 1.73. The molecule has 2 bridgehead atoms. The normalized spacial score (nSPS) is 27.7. The van der Waals surface area contributed by atoms with Crippen molar-refractivity contribution in [3.8, 4) is 0 Å². The van der Waals surface area contributed by atoms with Gasteiger partial charge in [-0.2, -0.15) is 0 Å². The van der Waals surface area contributed by atoms with Crippen molar-refractivity contribution in [2.24, 2.45) is 11.8 Å². The van der Waals surface area contributed by atoms with Gasteiger partial charge in [0, 0.05) is 11.2 Å². The van der Waals surface area contributed by atoms with E-state index in [1.165, 1.54) is 73.0 Å². The minimum absolute atomic E-state index is 0.842. The number of thiophene rings is 1. The first-order valence-electron chi connectivity index (χ1n) is 9.23. The van der Waals surface area contributed by atoms with Crippen molar-refractivity contribution < 1.29 is 0 Å². The van der Waals surface area contributed by atoms with Crippen LogP contribution in [0.4, 0.5) is 0 Å². The lowest BCUT2D eigenvalue weighted by atomic mass is 9.86. The lowest BCUT2D eigenvalue weighted by Gasteiger charge is -2.25. The minimum atomic E-state index is 0.842. The van der Waals surface area contributed by atoms with E-state index >= 15 is 0 Å². The molecular formula is C21H25NS. The third-order valence-electron chi connectivity index (χ3n) is 6.35. The summed E-state index contributed by atoms with van der Waals surface area (Å²) in [6.07, 6.45) is 7.09. The highest BCUT2D eigenvalue weighted by Crippen LogP contribution is 2.53. The molecule has 0 radical (unpaired) electrons. The van der Waals surface area contributed by atoms with Crippen LogP contribution in [-0.2, 0) is 0 Å². The van der Waals surface area contributed by atoms with Crippen molar-refractivity contribution in [2.45, 2.75) is 39.0 Å². The van der Waals surface area contributed by atoms with Crippen LogP contribution < -0.4 is 0 Å². The summed E-state index contributed by atoms with van der Waals surface area (Å²) in [7, 11) is 0.